The molecule has 0 fully saturated rings. The Bertz CT molecular complexity index is 1090. The molecule has 1 heterocycles. The molecule has 1 aromatic heterocycles. The van der Waals surface area contributed by atoms with Gasteiger partial charge < -0.3 is 4.74 Å². The van der Waals surface area contributed by atoms with Gasteiger partial charge in [-0.3, -0.25) is 9.36 Å². The highest BCUT2D eigenvalue weighted by atomic mass is 19.1. The largest absolute Gasteiger partial charge is 0.472 e. The number of benzene rings is 2. The summed E-state index contributed by atoms with van der Waals surface area (Å²) < 4.78 is 46.3. The van der Waals surface area contributed by atoms with E-state index in [1.165, 1.54) is 24.3 Å². The van der Waals surface area contributed by atoms with Crippen molar-refractivity contribution in [2.24, 2.45) is 0 Å². The highest BCUT2D eigenvalue weighted by Crippen LogP contribution is 2.15. The van der Waals surface area contributed by atoms with E-state index in [2.05, 4.69) is 4.98 Å². The normalized spacial score (nSPS) is 10.4. The molecule has 0 spiro atoms. The van der Waals surface area contributed by atoms with Crippen LogP contribution >= 0.6 is 0 Å². The van der Waals surface area contributed by atoms with Gasteiger partial charge in [0.25, 0.3) is 5.56 Å². The molecule has 0 aliphatic heterocycles. The van der Waals surface area contributed by atoms with Crippen LogP contribution in [-0.4, -0.2) is 9.55 Å². The van der Waals surface area contributed by atoms with Gasteiger partial charge in [-0.25, -0.2) is 18.2 Å². The van der Waals surface area contributed by atoms with Gasteiger partial charge >= 0.3 is 0 Å². The maximum absolute atomic E-state index is 13.7. The first kappa shape index (κ1) is 18.2. The van der Waals surface area contributed by atoms with Gasteiger partial charge in [-0.15, -0.1) is 0 Å². The van der Waals surface area contributed by atoms with E-state index in [0.29, 0.717) is 11.6 Å². The molecule has 0 saturated carbocycles. The van der Waals surface area contributed by atoms with Crippen LogP contribution in [0.3, 0.4) is 0 Å². The van der Waals surface area contributed by atoms with E-state index >= 15 is 0 Å². The molecular weight excluding hydrogens is 359 g/mol. The van der Waals surface area contributed by atoms with Crippen LogP contribution < -0.4 is 10.3 Å². The van der Waals surface area contributed by atoms with Crippen LogP contribution in [0.25, 0.3) is 0 Å². The predicted octanol–water partition coefficient (Wildman–Crippen LogP) is 3.16. The van der Waals surface area contributed by atoms with Crippen LogP contribution in [0.1, 0.15) is 16.7 Å². The quantitative estimate of drug-likeness (QED) is 0.691. The maximum atomic E-state index is 13.7. The van der Waals surface area contributed by atoms with Crippen LogP contribution in [0.5, 0.6) is 5.88 Å². The van der Waals surface area contributed by atoms with E-state index in [0.717, 1.165) is 17.0 Å². The molecule has 0 bridgehead atoms. The van der Waals surface area contributed by atoms with Crippen LogP contribution in [0.4, 0.5) is 13.2 Å². The highest BCUT2D eigenvalue weighted by Gasteiger charge is 2.14. The van der Waals surface area contributed by atoms with Gasteiger partial charge in [-0.05, 0) is 29.8 Å². The fourth-order valence-corrected chi connectivity index (χ4v) is 2.41. The van der Waals surface area contributed by atoms with Gasteiger partial charge in [0.15, 0.2) is 5.56 Å². The Hall–Kier alpha value is -3.60. The van der Waals surface area contributed by atoms with Crippen molar-refractivity contribution in [3.05, 3.63) is 93.3 Å². The van der Waals surface area contributed by atoms with E-state index < -0.39 is 23.0 Å². The van der Waals surface area contributed by atoms with Crippen molar-refractivity contribution < 1.29 is 17.9 Å². The Labute approximate surface area is 151 Å². The molecule has 2 aromatic carbocycles. The van der Waals surface area contributed by atoms with E-state index in [1.54, 1.807) is 12.1 Å². The third-order valence-electron chi connectivity index (χ3n) is 3.74. The minimum absolute atomic E-state index is 0.0190. The Balaban J connectivity index is 1.84. The van der Waals surface area contributed by atoms with E-state index in [-0.39, 0.29) is 30.2 Å². The number of nitrogens with zero attached hydrogens (tertiary/aromatic N) is 3. The highest BCUT2D eigenvalue weighted by molar-refractivity contribution is 5.36. The van der Waals surface area contributed by atoms with Gasteiger partial charge in [-0.2, -0.15) is 5.26 Å². The number of ether oxygens (including phenoxy) is 1. The lowest BCUT2D eigenvalue weighted by Gasteiger charge is -2.10. The molecule has 0 saturated heterocycles. The standard InChI is InChI=1S/C19H12F3N3O2/c20-14-3-1-2-12(6-14)9-25-11-24-18(16(8-23)19(25)26)27-10-13-4-5-15(21)7-17(13)22/h1-7,11H,9-10H2. The molecule has 0 unspecified atom stereocenters. The third kappa shape index (κ3) is 4.15. The number of rotatable bonds is 5. The summed E-state index contributed by atoms with van der Waals surface area (Å²) in [5.74, 6) is -2.25. The zero-order valence-electron chi connectivity index (χ0n) is 13.8. The molecule has 0 N–H and O–H groups in total. The minimum atomic E-state index is -0.812. The Morgan fingerprint density at radius 3 is 2.59 bits per heavy atom. The van der Waals surface area contributed by atoms with Gasteiger partial charge in [0.1, 0.15) is 36.5 Å². The van der Waals surface area contributed by atoms with Crippen molar-refractivity contribution in [1.29, 1.82) is 5.26 Å². The summed E-state index contributed by atoms with van der Waals surface area (Å²) in [6, 6.07) is 10.3. The zero-order valence-corrected chi connectivity index (χ0v) is 13.8. The smallest absolute Gasteiger partial charge is 0.275 e. The van der Waals surface area contributed by atoms with Gasteiger partial charge in [0.2, 0.25) is 5.88 Å². The number of hydrogen-bond donors (Lipinski definition) is 0. The summed E-state index contributed by atoms with van der Waals surface area (Å²) in [6.07, 6.45) is 1.16. The summed E-state index contributed by atoms with van der Waals surface area (Å²) in [6.45, 7) is -0.313. The van der Waals surface area contributed by atoms with Crippen molar-refractivity contribution in [3.8, 4) is 11.9 Å². The summed E-state index contributed by atoms with van der Waals surface area (Å²) in [5.41, 5.74) is -0.473. The van der Waals surface area contributed by atoms with Crippen molar-refractivity contribution in [1.82, 2.24) is 9.55 Å². The van der Waals surface area contributed by atoms with Crippen molar-refractivity contribution in [3.63, 3.8) is 0 Å². The average molecular weight is 371 g/mol. The molecule has 0 amide bonds. The second-order valence-electron chi connectivity index (χ2n) is 5.62. The molecule has 0 aliphatic rings. The van der Waals surface area contributed by atoms with E-state index in [9.17, 15) is 23.2 Å². The number of nitriles is 1. The molecule has 0 atom stereocenters. The first-order valence-corrected chi connectivity index (χ1v) is 7.78. The second kappa shape index (κ2) is 7.74. The van der Waals surface area contributed by atoms with Crippen LogP contribution in [0.15, 0.2) is 53.6 Å². The van der Waals surface area contributed by atoms with Crippen LogP contribution in [0, 0.1) is 28.8 Å². The predicted molar refractivity (Wildman–Crippen MR) is 89.4 cm³/mol. The zero-order chi connectivity index (χ0) is 19.4. The molecule has 136 valence electrons. The van der Waals surface area contributed by atoms with E-state index in [4.69, 9.17) is 4.74 Å². The molecule has 5 nitrogen and oxygen atoms in total. The molecule has 8 heteroatoms. The van der Waals surface area contributed by atoms with Crippen molar-refractivity contribution in [2.45, 2.75) is 13.2 Å². The maximum Gasteiger partial charge on any atom is 0.275 e. The summed E-state index contributed by atoms with van der Waals surface area (Å²) in [4.78, 5) is 16.4. The van der Waals surface area contributed by atoms with Crippen LogP contribution in [0.2, 0.25) is 0 Å². The molecule has 27 heavy (non-hydrogen) atoms. The Morgan fingerprint density at radius 2 is 1.89 bits per heavy atom. The van der Waals surface area contributed by atoms with Gasteiger partial charge in [0.05, 0.1) is 6.54 Å². The molecule has 3 aromatic rings. The summed E-state index contributed by atoms with van der Waals surface area (Å²) in [7, 11) is 0. The van der Waals surface area contributed by atoms with Crippen LogP contribution in [-0.2, 0) is 13.2 Å². The summed E-state index contributed by atoms with van der Waals surface area (Å²) >= 11 is 0. The number of aromatic nitrogens is 2. The van der Waals surface area contributed by atoms with Crippen molar-refractivity contribution >= 4 is 0 Å². The first-order valence-electron chi connectivity index (χ1n) is 7.78. The van der Waals surface area contributed by atoms with Gasteiger partial charge in [-0.1, -0.05) is 12.1 Å². The first-order chi connectivity index (χ1) is 13.0. The number of hydrogen-bond acceptors (Lipinski definition) is 4. The SMILES string of the molecule is N#Cc1c(OCc2ccc(F)cc2F)ncn(Cc2cccc(F)c2)c1=O. The second-order valence-corrected chi connectivity index (χ2v) is 5.62. The monoisotopic (exact) mass is 371 g/mol. The van der Waals surface area contributed by atoms with E-state index in [1.807, 2.05) is 0 Å². The lowest BCUT2D eigenvalue weighted by atomic mass is 10.2. The number of halogens is 3. The van der Waals surface area contributed by atoms with Gasteiger partial charge in [0, 0.05) is 11.6 Å². The van der Waals surface area contributed by atoms with Crippen molar-refractivity contribution in [2.75, 3.05) is 0 Å². The minimum Gasteiger partial charge on any atom is -0.472 e. The molecular formula is C19H12F3N3O2. The lowest BCUT2D eigenvalue weighted by Crippen LogP contribution is -2.24. The fraction of sp³-hybridized carbons (Fsp3) is 0.105. The average Bonchev–Trinajstić information content (AvgIpc) is 2.63. The molecule has 3 rings (SSSR count). The molecule has 0 aliphatic carbocycles. The Morgan fingerprint density at radius 1 is 1.11 bits per heavy atom. The topological polar surface area (TPSA) is 67.9 Å². The summed E-state index contributed by atoms with van der Waals surface area (Å²) in [5, 5.41) is 9.26. The Kier molecular flexibility index (Phi) is 5.22. The third-order valence-corrected chi connectivity index (χ3v) is 3.74. The fourth-order valence-electron chi connectivity index (χ4n) is 2.41. The molecule has 0 radical (unpaired) electrons. The lowest BCUT2D eigenvalue weighted by molar-refractivity contribution is 0.284.